The second-order valence-corrected chi connectivity index (χ2v) is 6.27. The molecule has 0 aliphatic carbocycles. The van der Waals surface area contributed by atoms with Crippen LogP contribution in [0, 0.1) is 0 Å². The third-order valence-corrected chi connectivity index (χ3v) is 4.43. The van der Waals surface area contributed by atoms with Gasteiger partial charge in [-0.15, -0.1) is 0 Å². The number of ketones is 1. The van der Waals surface area contributed by atoms with Gasteiger partial charge in [-0.2, -0.15) is 0 Å². The minimum atomic E-state index is -0.380. The number of methoxy groups -OCH3 is 1. The summed E-state index contributed by atoms with van der Waals surface area (Å²) < 4.78 is 5.40. The van der Waals surface area contributed by atoms with Crippen LogP contribution in [0.3, 0.4) is 0 Å². The van der Waals surface area contributed by atoms with E-state index >= 15 is 0 Å². The lowest BCUT2D eigenvalue weighted by molar-refractivity contribution is -0.118. The Morgan fingerprint density at radius 3 is 2.59 bits per heavy atom. The Balaban J connectivity index is 1.99. The Kier molecular flexibility index (Phi) is 5.07. The molecule has 2 N–H and O–H groups in total. The van der Waals surface area contributed by atoms with Gasteiger partial charge in [-0.05, 0) is 41.8 Å². The lowest BCUT2D eigenvalue weighted by atomic mass is 10.0. The summed E-state index contributed by atoms with van der Waals surface area (Å²) in [5.74, 6) is -0.209. The van der Waals surface area contributed by atoms with E-state index in [9.17, 15) is 14.4 Å². The molecule has 2 aromatic rings. The number of rotatable bonds is 5. The van der Waals surface area contributed by atoms with Crippen molar-refractivity contribution in [1.82, 2.24) is 0 Å². The molecule has 1 aliphatic rings. The fraction of sp³-hybridized carbons (Fsp3) is 0.190. The molecule has 0 fully saturated rings. The highest BCUT2D eigenvalue weighted by molar-refractivity contribution is 6.26. The molecule has 0 radical (unpaired) electrons. The molecule has 2 aromatic carbocycles. The number of anilines is 1. The number of allylic oxidation sites excluding steroid dienone is 1. The standard InChI is InChI=1S/C21H20N2O4/c1-13(24)23-17-6-4-3-5-16(17)21(26)18(23)11-14-7-8-15(9-10-20(22)25)19(12-14)27-2/h3-8,11-12H,9-10H2,1-2H3,(H2,22,25)/b18-11-. The van der Waals surface area contributed by atoms with Gasteiger partial charge in [-0.1, -0.05) is 24.3 Å². The Bertz CT molecular complexity index is 962. The second kappa shape index (κ2) is 7.45. The SMILES string of the molecule is COc1cc(/C=C2/C(=O)c3ccccc3N2C(C)=O)ccc1CCC(N)=O. The van der Waals surface area contributed by atoms with Gasteiger partial charge in [0.05, 0.1) is 18.5 Å². The number of nitrogens with zero attached hydrogens (tertiary/aromatic N) is 1. The number of Topliss-reactive ketones (excluding diaryl/α,β-unsaturated/α-hetero) is 1. The monoisotopic (exact) mass is 364 g/mol. The molecule has 0 aromatic heterocycles. The molecule has 6 nitrogen and oxygen atoms in total. The third kappa shape index (κ3) is 3.60. The number of carbonyl (C=O) groups is 3. The quantitative estimate of drug-likeness (QED) is 0.826. The predicted octanol–water partition coefficient (Wildman–Crippen LogP) is 2.70. The van der Waals surface area contributed by atoms with Gasteiger partial charge >= 0.3 is 0 Å². The molecule has 0 saturated carbocycles. The highest BCUT2D eigenvalue weighted by Gasteiger charge is 2.34. The van der Waals surface area contributed by atoms with Crippen LogP contribution in [0.25, 0.3) is 6.08 Å². The zero-order valence-electron chi connectivity index (χ0n) is 15.2. The maximum atomic E-state index is 12.8. The maximum absolute atomic E-state index is 12.8. The number of hydrogen-bond acceptors (Lipinski definition) is 4. The van der Waals surface area contributed by atoms with Gasteiger partial charge in [-0.3, -0.25) is 19.3 Å². The molecule has 0 bridgehead atoms. The van der Waals surface area contributed by atoms with Gasteiger partial charge in [0.25, 0.3) is 0 Å². The zero-order chi connectivity index (χ0) is 19.6. The Labute approximate surface area is 157 Å². The summed E-state index contributed by atoms with van der Waals surface area (Å²) in [6.07, 6.45) is 2.37. The van der Waals surface area contributed by atoms with Crippen molar-refractivity contribution in [2.75, 3.05) is 12.0 Å². The number of ether oxygens (including phenoxy) is 1. The molecule has 6 heteroatoms. The number of fused-ring (bicyclic) bond motifs is 1. The number of aryl methyl sites for hydroxylation is 1. The van der Waals surface area contributed by atoms with Crippen molar-refractivity contribution >= 4 is 29.4 Å². The molecule has 0 atom stereocenters. The van der Waals surface area contributed by atoms with Crippen LogP contribution in [-0.2, 0) is 16.0 Å². The minimum absolute atomic E-state index is 0.197. The van der Waals surface area contributed by atoms with E-state index in [4.69, 9.17) is 10.5 Å². The van der Waals surface area contributed by atoms with Crippen LogP contribution in [-0.4, -0.2) is 24.7 Å². The molecule has 0 saturated heterocycles. The van der Waals surface area contributed by atoms with Crippen LogP contribution in [0.5, 0.6) is 5.75 Å². The summed E-state index contributed by atoms with van der Waals surface area (Å²) in [4.78, 5) is 37.3. The average Bonchev–Trinajstić information content (AvgIpc) is 2.93. The van der Waals surface area contributed by atoms with E-state index in [1.807, 2.05) is 12.1 Å². The van der Waals surface area contributed by atoms with E-state index in [-0.39, 0.29) is 24.0 Å². The fourth-order valence-corrected chi connectivity index (χ4v) is 3.17. The Morgan fingerprint density at radius 1 is 1.19 bits per heavy atom. The van der Waals surface area contributed by atoms with Crippen LogP contribution < -0.4 is 15.4 Å². The predicted molar refractivity (Wildman–Crippen MR) is 102 cm³/mol. The molecular weight excluding hydrogens is 344 g/mol. The first kappa shape index (κ1) is 18.4. The lowest BCUT2D eigenvalue weighted by Gasteiger charge is -2.16. The van der Waals surface area contributed by atoms with Crippen molar-refractivity contribution < 1.29 is 19.1 Å². The van der Waals surface area contributed by atoms with Crippen LogP contribution in [0.2, 0.25) is 0 Å². The highest BCUT2D eigenvalue weighted by atomic mass is 16.5. The van der Waals surface area contributed by atoms with Gasteiger partial charge in [0.1, 0.15) is 5.75 Å². The largest absolute Gasteiger partial charge is 0.496 e. The second-order valence-electron chi connectivity index (χ2n) is 6.27. The molecule has 1 aliphatic heterocycles. The van der Waals surface area contributed by atoms with Crippen molar-refractivity contribution in [3.05, 3.63) is 64.9 Å². The van der Waals surface area contributed by atoms with E-state index in [1.165, 1.54) is 11.8 Å². The van der Waals surface area contributed by atoms with Crippen LogP contribution in [0.4, 0.5) is 5.69 Å². The van der Waals surface area contributed by atoms with Crippen LogP contribution in [0.1, 0.15) is 34.8 Å². The molecule has 27 heavy (non-hydrogen) atoms. The van der Waals surface area contributed by atoms with Gasteiger partial charge in [0.2, 0.25) is 17.6 Å². The molecule has 138 valence electrons. The van der Waals surface area contributed by atoms with E-state index < -0.39 is 0 Å². The zero-order valence-corrected chi connectivity index (χ0v) is 15.2. The van der Waals surface area contributed by atoms with E-state index in [1.54, 1.807) is 43.5 Å². The van der Waals surface area contributed by atoms with E-state index in [0.717, 1.165) is 11.1 Å². The highest BCUT2D eigenvalue weighted by Crippen LogP contribution is 2.35. The van der Waals surface area contributed by atoms with Crippen LogP contribution >= 0.6 is 0 Å². The first-order valence-corrected chi connectivity index (χ1v) is 8.53. The van der Waals surface area contributed by atoms with Gasteiger partial charge in [-0.25, -0.2) is 0 Å². The maximum Gasteiger partial charge on any atom is 0.228 e. The first-order chi connectivity index (χ1) is 12.9. The summed E-state index contributed by atoms with van der Waals surface area (Å²) >= 11 is 0. The average molecular weight is 364 g/mol. The summed E-state index contributed by atoms with van der Waals surface area (Å²) in [7, 11) is 1.54. The molecule has 2 amide bonds. The summed E-state index contributed by atoms with van der Waals surface area (Å²) in [6.45, 7) is 1.43. The molecular formula is C21H20N2O4. The van der Waals surface area contributed by atoms with E-state index in [0.29, 0.717) is 29.1 Å². The number of amides is 2. The van der Waals surface area contributed by atoms with Gasteiger partial charge in [0, 0.05) is 18.9 Å². The van der Waals surface area contributed by atoms with Crippen LogP contribution in [0.15, 0.2) is 48.2 Å². The van der Waals surface area contributed by atoms with Crippen molar-refractivity contribution in [3.8, 4) is 5.75 Å². The summed E-state index contributed by atoms with van der Waals surface area (Å²) in [5, 5.41) is 0. The normalized spacial score (nSPS) is 14.4. The molecule has 0 unspecified atom stereocenters. The van der Waals surface area contributed by atoms with Gasteiger partial charge in [0.15, 0.2) is 0 Å². The lowest BCUT2D eigenvalue weighted by Crippen LogP contribution is -2.25. The van der Waals surface area contributed by atoms with Crippen molar-refractivity contribution in [2.24, 2.45) is 5.73 Å². The van der Waals surface area contributed by atoms with Crippen molar-refractivity contribution in [1.29, 1.82) is 0 Å². The Hall–Kier alpha value is -3.41. The molecule has 1 heterocycles. The summed E-state index contributed by atoms with van der Waals surface area (Å²) in [6, 6.07) is 12.5. The van der Waals surface area contributed by atoms with Crippen molar-refractivity contribution in [3.63, 3.8) is 0 Å². The summed E-state index contributed by atoms with van der Waals surface area (Å²) in [5.41, 5.74) is 8.17. The Morgan fingerprint density at radius 2 is 1.93 bits per heavy atom. The number of nitrogens with two attached hydrogens (primary N) is 1. The van der Waals surface area contributed by atoms with E-state index in [2.05, 4.69) is 0 Å². The number of carbonyl (C=O) groups excluding carboxylic acids is 3. The van der Waals surface area contributed by atoms with Crippen molar-refractivity contribution in [2.45, 2.75) is 19.8 Å². The first-order valence-electron chi connectivity index (χ1n) is 8.53. The third-order valence-electron chi connectivity index (χ3n) is 4.43. The minimum Gasteiger partial charge on any atom is -0.496 e. The van der Waals surface area contributed by atoms with Gasteiger partial charge < -0.3 is 10.5 Å². The number of hydrogen-bond donors (Lipinski definition) is 1. The molecule has 3 rings (SSSR count). The number of para-hydroxylation sites is 1. The smallest absolute Gasteiger partial charge is 0.228 e. The number of benzene rings is 2. The fourth-order valence-electron chi connectivity index (χ4n) is 3.17. The molecule has 0 spiro atoms. The number of primary amides is 1. The topological polar surface area (TPSA) is 89.7 Å².